The van der Waals surface area contributed by atoms with Gasteiger partial charge in [0.1, 0.15) is 5.94 Å². The highest BCUT2D eigenvalue weighted by Gasteiger charge is 2.21. The molecule has 0 bridgehead atoms. The number of Topliss-reactive ketones (excluding diaryl/α,β-unsaturated/α-hetero) is 1. The second-order valence-electron chi connectivity index (χ2n) is 12.9. The Morgan fingerprint density at radius 3 is 1.07 bits per heavy atom. The molecular weight excluding hydrogens is 504 g/mol. The molecule has 0 rings (SSSR count). The van der Waals surface area contributed by atoms with Crippen LogP contribution in [0.2, 0.25) is 0 Å². The van der Waals surface area contributed by atoms with E-state index in [0.29, 0.717) is 6.42 Å². The van der Waals surface area contributed by atoms with Gasteiger partial charge in [-0.3, -0.25) is 4.79 Å². The molecule has 1 N–H and O–H groups in total. The van der Waals surface area contributed by atoms with Gasteiger partial charge in [-0.25, -0.2) is 4.79 Å². The molecule has 1 atom stereocenters. The molecule has 0 heterocycles. The highest BCUT2D eigenvalue weighted by Crippen LogP contribution is 2.21. The Morgan fingerprint density at radius 2 is 0.780 bits per heavy atom. The molecule has 3 nitrogen and oxygen atoms in total. The number of ketones is 1. The number of aliphatic hydroxyl groups is 1. The Kier molecular flexibility index (Phi) is 32.8. The molecule has 0 aliphatic rings. The van der Waals surface area contributed by atoms with Gasteiger partial charge in [-0.1, -0.05) is 194 Å². The Hall–Kier alpha value is -0.920. The van der Waals surface area contributed by atoms with E-state index in [9.17, 15) is 14.7 Å². The zero-order valence-corrected chi connectivity index (χ0v) is 28.0. The van der Waals surface area contributed by atoms with Gasteiger partial charge in [0.15, 0.2) is 5.78 Å². The van der Waals surface area contributed by atoms with Crippen LogP contribution >= 0.6 is 0 Å². The summed E-state index contributed by atoms with van der Waals surface area (Å²) in [5.74, 6) is 1.50. The molecule has 3 heteroatoms. The first-order valence-corrected chi connectivity index (χ1v) is 18.6. The fourth-order valence-electron chi connectivity index (χ4n) is 6.07. The minimum atomic E-state index is -0.325. The van der Waals surface area contributed by atoms with Crippen molar-refractivity contribution in [2.24, 2.45) is 5.92 Å². The molecule has 0 aromatic carbocycles. The van der Waals surface area contributed by atoms with Crippen molar-refractivity contribution < 1.29 is 14.7 Å². The summed E-state index contributed by atoms with van der Waals surface area (Å²) in [4.78, 5) is 24.2. The Labute approximate surface area is 257 Å². The summed E-state index contributed by atoms with van der Waals surface area (Å²) >= 11 is 0. The van der Waals surface area contributed by atoms with E-state index in [-0.39, 0.29) is 23.9 Å². The van der Waals surface area contributed by atoms with E-state index in [2.05, 4.69) is 13.8 Å². The van der Waals surface area contributed by atoms with E-state index in [0.717, 1.165) is 32.1 Å². The fourth-order valence-corrected chi connectivity index (χ4v) is 6.07. The fraction of sp³-hybridized carbons (Fsp3) is 0.921. The molecule has 0 aliphatic heterocycles. The first kappa shape index (κ1) is 40.1. The van der Waals surface area contributed by atoms with E-state index in [1.54, 1.807) is 0 Å². The minimum Gasteiger partial charge on any atom is -0.396 e. The summed E-state index contributed by atoms with van der Waals surface area (Å²) in [6.07, 6.45) is 39.0. The number of carbonyl (C=O) groups is 1. The van der Waals surface area contributed by atoms with Gasteiger partial charge < -0.3 is 5.11 Å². The monoisotopic (exact) mass is 577 g/mol. The molecule has 0 spiro atoms. The largest absolute Gasteiger partial charge is 0.396 e. The van der Waals surface area contributed by atoms with Crippen LogP contribution in [0, 0.1) is 5.92 Å². The first-order chi connectivity index (χ1) is 20.2. The van der Waals surface area contributed by atoms with Crippen molar-refractivity contribution in [2.75, 3.05) is 6.61 Å². The van der Waals surface area contributed by atoms with E-state index in [1.165, 1.54) is 161 Å². The highest BCUT2D eigenvalue weighted by molar-refractivity contribution is 6.02. The topological polar surface area (TPSA) is 54.4 Å². The van der Waals surface area contributed by atoms with Gasteiger partial charge in [-0.2, -0.15) is 0 Å². The molecule has 242 valence electrons. The molecule has 0 saturated heterocycles. The average Bonchev–Trinajstić information content (AvgIpc) is 2.98. The number of aliphatic hydroxyl groups excluding tert-OH is 1. The zero-order chi connectivity index (χ0) is 30.1. The SMILES string of the molecule is CCCCCCCCCCCCCCCCCC(=O)C(=C=O)C(CO)CCCCCCCCCCCCCCCC. The van der Waals surface area contributed by atoms with Gasteiger partial charge >= 0.3 is 0 Å². The number of hydrogen-bond acceptors (Lipinski definition) is 3. The quantitative estimate of drug-likeness (QED) is 0.0471. The molecule has 0 amide bonds. The third-order valence-corrected chi connectivity index (χ3v) is 8.95. The summed E-state index contributed by atoms with van der Waals surface area (Å²) in [5.41, 5.74) is 0.215. The van der Waals surface area contributed by atoms with Crippen LogP contribution in [0.4, 0.5) is 0 Å². The average molecular weight is 577 g/mol. The molecule has 0 fully saturated rings. The minimum absolute atomic E-state index is 0.0842. The maximum absolute atomic E-state index is 12.6. The lowest BCUT2D eigenvalue weighted by Gasteiger charge is -2.14. The van der Waals surface area contributed by atoms with Crippen molar-refractivity contribution in [3.8, 4) is 0 Å². The van der Waals surface area contributed by atoms with Gasteiger partial charge in [-0.05, 0) is 12.8 Å². The van der Waals surface area contributed by atoms with Gasteiger partial charge in [0.2, 0.25) is 0 Å². The zero-order valence-electron chi connectivity index (χ0n) is 28.0. The van der Waals surface area contributed by atoms with Crippen LogP contribution in [-0.4, -0.2) is 23.4 Å². The highest BCUT2D eigenvalue weighted by atomic mass is 16.3. The molecule has 0 aromatic heterocycles. The third kappa shape index (κ3) is 27.7. The normalized spacial score (nSPS) is 12.0. The lowest BCUT2D eigenvalue weighted by atomic mass is 9.89. The van der Waals surface area contributed by atoms with E-state index < -0.39 is 0 Å². The molecule has 41 heavy (non-hydrogen) atoms. The second-order valence-corrected chi connectivity index (χ2v) is 12.9. The van der Waals surface area contributed by atoms with Crippen LogP contribution in [0.25, 0.3) is 0 Å². The van der Waals surface area contributed by atoms with Crippen LogP contribution in [0.15, 0.2) is 5.57 Å². The van der Waals surface area contributed by atoms with E-state index >= 15 is 0 Å². The van der Waals surface area contributed by atoms with Gasteiger partial charge in [-0.15, -0.1) is 0 Å². The lowest BCUT2D eigenvalue weighted by molar-refractivity contribution is -0.116. The van der Waals surface area contributed by atoms with Crippen LogP contribution in [0.5, 0.6) is 0 Å². The summed E-state index contributed by atoms with van der Waals surface area (Å²) < 4.78 is 0. The van der Waals surface area contributed by atoms with Crippen LogP contribution in [-0.2, 0) is 9.59 Å². The Morgan fingerprint density at radius 1 is 0.488 bits per heavy atom. The van der Waals surface area contributed by atoms with Crippen LogP contribution < -0.4 is 0 Å². The van der Waals surface area contributed by atoms with Crippen molar-refractivity contribution in [1.29, 1.82) is 0 Å². The molecule has 0 aliphatic carbocycles. The van der Waals surface area contributed by atoms with Crippen molar-refractivity contribution in [3.63, 3.8) is 0 Å². The number of unbranched alkanes of at least 4 members (excludes halogenated alkanes) is 27. The van der Waals surface area contributed by atoms with Crippen molar-refractivity contribution >= 4 is 11.7 Å². The third-order valence-electron chi connectivity index (χ3n) is 8.95. The molecule has 1 unspecified atom stereocenters. The Balaban J connectivity index is 3.68. The lowest BCUT2D eigenvalue weighted by Crippen LogP contribution is -2.17. The van der Waals surface area contributed by atoms with Gasteiger partial charge in [0, 0.05) is 12.3 Å². The van der Waals surface area contributed by atoms with Crippen molar-refractivity contribution in [2.45, 2.75) is 213 Å². The van der Waals surface area contributed by atoms with Crippen LogP contribution in [0.3, 0.4) is 0 Å². The van der Waals surface area contributed by atoms with Gasteiger partial charge in [0.25, 0.3) is 0 Å². The Bertz CT molecular complexity index is 592. The molecule has 0 radical (unpaired) electrons. The van der Waals surface area contributed by atoms with E-state index in [1.807, 2.05) is 5.94 Å². The maximum atomic E-state index is 12.6. The van der Waals surface area contributed by atoms with Crippen molar-refractivity contribution in [1.82, 2.24) is 0 Å². The molecule has 0 saturated carbocycles. The maximum Gasteiger partial charge on any atom is 0.170 e. The summed E-state index contributed by atoms with van der Waals surface area (Å²) in [7, 11) is 0. The smallest absolute Gasteiger partial charge is 0.170 e. The summed E-state index contributed by atoms with van der Waals surface area (Å²) in [6.45, 7) is 4.43. The second kappa shape index (κ2) is 33.6. The first-order valence-electron chi connectivity index (χ1n) is 18.6. The summed E-state index contributed by atoms with van der Waals surface area (Å²) in [6, 6.07) is 0. The van der Waals surface area contributed by atoms with Gasteiger partial charge in [0.05, 0.1) is 12.2 Å². The standard InChI is InChI=1S/C38H72O3/c1-3-5-7-9-11-13-15-17-19-21-23-25-27-29-31-33-38(41)37(35-40)36(34-39)32-30-28-26-24-22-20-18-16-14-12-10-8-6-4-2/h36,39H,3-34H2,1-2H3. The molecule has 0 aromatic rings. The van der Waals surface area contributed by atoms with Crippen molar-refractivity contribution in [3.05, 3.63) is 5.57 Å². The number of carbonyl (C=O) groups excluding carboxylic acids is 2. The predicted octanol–water partition coefficient (Wildman–Crippen LogP) is 12.1. The molecular formula is C38H72O3. The number of hydrogen-bond donors (Lipinski definition) is 1. The van der Waals surface area contributed by atoms with Crippen LogP contribution in [0.1, 0.15) is 213 Å². The number of rotatable bonds is 34. The summed E-state index contributed by atoms with van der Waals surface area (Å²) in [5, 5.41) is 9.83. The van der Waals surface area contributed by atoms with E-state index in [4.69, 9.17) is 0 Å². The predicted molar refractivity (Wildman–Crippen MR) is 179 cm³/mol.